The second-order valence-electron chi connectivity index (χ2n) is 7.90. The van der Waals surface area contributed by atoms with Crippen LogP contribution in [0, 0.1) is 6.92 Å². The van der Waals surface area contributed by atoms with Gasteiger partial charge in [0.05, 0.1) is 0 Å². The second kappa shape index (κ2) is 12.0. The van der Waals surface area contributed by atoms with E-state index < -0.39 is 0 Å². The summed E-state index contributed by atoms with van der Waals surface area (Å²) in [6.07, 6.45) is 2.35. The Morgan fingerprint density at radius 1 is 0.714 bits per heavy atom. The standard InChI is InChI=1S/C24H36N4/c1-21-4-6-23(7-5-21)19-28-17-3-14-26-16-15-25-12-2-13-27-18-22-8-10-24(20-28)11-9-22/h4-11,25-27H,2-3,12-20H2,1H3. The van der Waals surface area contributed by atoms with Crippen molar-refractivity contribution in [2.75, 3.05) is 39.3 Å². The van der Waals surface area contributed by atoms with Gasteiger partial charge in [-0.2, -0.15) is 0 Å². The summed E-state index contributed by atoms with van der Waals surface area (Å²) >= 11 is 0. The molecule has 28 heavy (non-hydrogen) atoms. The highest BCUT2D eigenvalue weighted by Gasteiger charge is 2.08. The molecule has 0 saturated carbocycles. The van der Waals surface area contributed by atoms with E-state index in [9.17, 15) is 0 Å². The molecule has 3 N–H and O–H groups in total. The molecule has 2 aromatic rings. The fourth-order valence-electron chi connectivity index (χ4n) is 3.61. The summed E-state index contributed by atoms with van der Waals surface area (Å²) < 4.78 is 0. The van der Waals surface area contributed by atoms with Gasteiger partial charge in [-0.05, 0) is 56.1 Å². The van der Waals surface area contributed by atoms with Crippen molar-refractivity contribution in [3.8, 4) is 0 Å². The Bertz CT molecular complexity index is 666. The van der Waals surface area contributed by atoms with Gasteiger partial charge >= 0.3 is 0 Å². The highest BCUT2D eigenvalue weighted by molar-refractivity contribution is 5.24. The third-order valence-electron chi connectivity index (χ3n) is 5.30. The Morgan fingerprint density at radius 2 is 1.36 bits per heavy atom. The van der Waals surface area contributed by atoms with Gasteiger partial charge in [-0.15, -0.1) is 0 Å². The normalized spacial score (nSPS) is 18.5. The first-order chi connectivity index (χ1) is 13.8. The van der Waals surface area contributed by atoms with Crippen molar-refractivity contribution in [1.82, 2.24) is 20.9 Å². The first kappa shape index (κ1) is 21.0. The van der Waals surface area contributed by atoms with Gasteiger partial charge < -0.3 is 16.0 Å². The van der Waals surface area contributed by atoms with Gasteiger partial charge in [0.25, 0.3) is 0 Å². The average Bonchev–Trinajstić information content (AvgIpc) is 2.71. The number of nitrogens with one attached hydrogen (secondary N) is 3. The fourth-order valence-corrected chi connectivity index (χ4v) is 3.61. The van der Waals surface area contributed by atoms with Crippen molar-refractivity contribution in [2.45, 2.75) is 39.4 Å². The van der Waals surface area contributed by atoms with Crippen LogP contribution in [-0.4, -0.2) is 44.2 Å². The third-order valence-corrected chi connectivity index (χ3v) is 5.30. The minimum atomic E-state index is 0.953. The van der Waals surface area contributed by atoms with Gasteiger partial charge in [-0.1, -0.05) is 54.1 Å². The number of rotatable bonds is 2. The van der Waals surface area contributed by atoms with Crippen LogP contribution in [0.3, 0.4) is 0 Å². The maximum absolute atomic E-state index is 3.57. The predicted molar refractivity (Wildman–Crippen MR) is 118 cm³/mol. The topological polar surface area (TPSA) is 39.3 Å². The highest BCUT2D eigenvalue weighted by Crippen LogP contribution is 2.13. The molecule has 2 heterocycles. The van der Waals surface area contributed by atoms with E-state index in [1.807, 2.05) is 0 Å². The van der Waals surface area contributed by atoms with Crippen molar-refractivity contribution in [2.24, 2.45) is 0 Å². The van der Waals surface area contributed by atoms with Crippen molar-refractivity contribution in [1.29, 1.82) is 0 Å². The zero-order valence-corrected chi connectivity index (χ0v) is 17.3. The lowest BCUT2D eigenvalue weighted by Gasteiger charge is -2.23. The molecule has 4 heteroatoms. The fraction of sp³-hybridized carbons (Fsp3) is 0.500. The molecule has 0 saturated heterocycles. The predicted octanol–water partition coefficient (Wildman–Crippen LogP) is 3.06. The molecule has 2 aromatic carbocycles. The molecule has 2 bridgehead atoms. The van der Waals surface area contributed by atoms with Crippen LogP contribution in [-0.2, 0) is 19.6 Å². The van der Waals surface area contributed by atoms with Gasteiger partial charge in [0.2, 0.25) is 0 Å². The van der Waals surface area contributed by atoms with E-state index in [1.54, 1.807) is 0 Å². The average molecular weight is 381 g/mol. The minimum absolute atomic E-state index is 0.953. The molecule has 0 aliphatic carbocycles. The molecule has 0 amide bonds. The number of nitrogens with zero attached hydrogens (tertiary/aromatic N) is 1. The number of hydrogen-bond donors (Lipinski definition) is 3. The summed E-state index contributed by atoms with van der Waals surface area (Å²) in [4.78, 5) is 2.57. The molecule has 2 aliphatic heterocycles. The van der Waals surface area contributed by atoms with Crippen molar-refractivity contribution >= 4 is 0 Å². The molecular formula is C24H36N4. The van der Waals surface area contributed by atoms with Crippen LogP contribution in [0.5, 0.6) is 0 Å². The summed E-state index contributed by atoms with van der Waals surface area (Å²) in [6, 6.07) is 18.1. The van der Waals surface area contributed by atoms with Crippen LogP contribution < -0.4 is 16.0 Å². The molecule has 0 aromatic heterocycles. The number of aryl methyl sites for hydroxylation is 1. The van der Waals surface area contributed by atoms with Crippen molar-refractivity contribution in [3.63, 3.8) is 0 Å². The highest BCUT2D eigenvalue weighted by atomic mass is 15.1. The molecule has 0 spiro atoms. The molecule has 2 aliphatic rings. The van der Waals surface area contributed by atoms with Crippen molar-refractivity contribution in [3.05, 3.63) is 70.8 Å². The molecule has 0 unspecified atom stereocenters. The minimum Gasteiger partial charge on any atom is -0.315 e. The van der Waals surface area contributed by atoms with Crippen molar-refractivity contribution < 1.29 is 0 Å². The molecule has 0 fully saturated rings. The molecule has 4 nitrogen and oxygen atoms in total. The lowest BCUT2D eigenvalue weighted by Crippen LogP contribution is -2.32. The smallest absolute Gasteiger partial charge is 0.0237 e. The lowest BCUT2D eigenvalue weighted by atomic mass is 10.1. The summed E-state index contributed by atoms with van der Waals surface area (Å²) in [5.41, 5.74) is 5.48. The van der Waals surface area contributed by atoms with Crippen LogP contribution in [0.2, 0.25) is 0 Å². The summed E-state index contributed by atoms with van der Waals surface area (Å²) in [5, 5.41) is 10.6. The van der Waals surface area contributed by atoms with Gasteiger partial charge in [-0.25, -0.2) is 0 Å². The van der Waals surface area contributed by atoms with E-state index in [1.165, 1.54) is 35.1 Å². The van der Waals surface area contributed by atoms with Crippen LogP contribution >= 0.6 is 0 Å². The quantitative estimate of drug-likeness (QED) is 0.749. The molecular weight excluding hydrogens is 344 g/mol. The maximum Gasteiger partial charge on any atom is 0.0237 e. The SMILES string of the molecule is Cc1ccc(CN2CCCNCCNCCCNCc3ccc(cc3)C2)cc1. The Morgan fingerprint density at radius 3 is 2.11 bits per heavy atom. The molecule has 0 radical (unpaired) electrons. The van der Waals surface area contributed by atoms with E-state index in [0.717, 1.165) is 58.9 Å². The van der Waals surface area contributed by atoms with Gasteiger partial charge in [-0.3, -0.25) is 4.90 Å². The Kier molecular flexibility index (Phi) is 8.98. The Balaban J connectivity index is 1.63. The first-order valence-electron chi connectivity index (χ1n) is 10.8. The zero-order chi connectivity index (χ0) is 19.4. The van der Waals surface area contributed by atoms with Crippen LogP contribution in [0.1, 0.15) is 35.1 Å². The Labute approximate surface area is 170 Å². The van der Waals surface area contributed by atoms with Gasteiger partial charge in [0.15, 0.2) is 0 Å². The number of benzene rings is 2. The first-order valence-corrected chi connectivity index (χ1v) is 10.8. The van der Waals surface area contributed by atoms with Crippen LogP contribution in [0.4, 0.5) is 0 Å². The van der Waals surface area contributed by atoms with Crippen LogP contribution in [0.15, 0.2) is 48.5 Å². The number of hydrogen-bond acceptors (Lipinski definition) is 4. The van der Waals surface area contributed by atoms with E-state index in [2.05, 4.69) is 76.3 Å². The lowest BCUT2D eigenvalue weighted by molar-refractivity contribution is 0.252. The van der Waals surface area contributed by atoms with Gasteiger partial charge in [0.1, 0.15) is 0 Å². The third kappa shape index (κ3) is 7.72. The van der Waals surface area contributed by atoms with Gasteiger partial charge in [0, 0.05) is 39.3 Å². The van der Waals surface area contributed by atoms with Crippen LogP contribution in [0.25, 0.3) is 0 Å². The van der Waals surface area contributed by atoms with E-state index >= 15 is 0 Å². The summed E-state index contributed by atoms with van der Waals surface area (Å²) in [6.45, 7) is 11.5. The molecule has 4 rings (SSSR count). The number of fused-ring (bicyclic) bond motifs is 15. The second-order valence-corrected chi connectivity index (χ2v) is 7.90. The Hall–Kier alpha value is -1.72. The van der Waals surface area contributed by atoms with E-state index in [0.29, 0.717) is 0 Å². The largest absolute Gasteiger partial charge is 0.315 e. The maximum atomic E-state index is 3.57. The van der Waals surface area contributed by atoms with E-state index in [-0.39, 0.29) is 0 Å². The summed E-state index contributed by atoms with van der Waals surface area (Å²) in [7, 11) is 0. The zero-order valence-electron chi connectivity index (χ0n) is 17.3. The summed E-state index contributed by atoms with van der Waals surface area (Å²) in [5.74, 6) is 0. The monoisotopic (exact) mass is 380 g/mol. The van der Waals surface area contributed by atoms with E-state index in [4.69, 9.17) is 0 Å². The molecule has 152 valence electrons. The molecule has 0 atom stereocenters.